The molecule has 84 valence electrons. The zero-order chi connectivity index (χ0) is 10.7. The number of aromatic nitrogens is 2. The Morgan fingerprint density at radius 3 is 3.00 bits per heavy atom. The molecule has 0 saturated heterocycles. The van der Waals surface area contributed by atoms with Crippen LogP contribution in [0.15, 0.2) is 12.5 Å². The highest BCUT2D eigenvalue weighted by atomic mass is 16.5. The van der Waals surface area contributed by atoms with E-state index in [4.69, 9.17) is 10.5 Å². The largest absolute Gasteiger partial charge is 0.385 e. The number of methoxy groups -OCH3 is 1. The summed E-state index contributed by atoms with van der Waals surface area (Å²) in [6.07, 6.45) is 7.49. The van der Waals surface area contributed by atoms with Gasteiger partial charge in [0.25, 0.3) is 0 Å². The average Bonchev–Trinajstić information content (AvgIpc) is 2.86. The molecule has 0 unspecified atom stereocenters. The van der Waals surface area contributed by atoms with Crippen molar-refractivity contribution in [2.45, 2.75) is 32.4 Å². The fraction of sp³-hybridized carbons (Fsp3) is 0.727. The van der Waals surface area contributed by atoms with Crippen molar-refractivity contribution in [2.75, 3.05) is 13.7 Å². The summed E-state index contributed by atoms with van der Waals surface area (Å²) in [6, 6.07) is 0. The maximum absolute atomic E-state index is 5.65. The summed E-state index contributed by atoms with van der Waals surface area (Å²) in [5.74, 6) is 0. The second-order valence-electron chi connectivity index (χ2n) is 4.46. The van der Waals surface area contributed by atoms with Gasteiger partial charge in [0.05, 0.1) is 12.0 Å². The van der Waals surface area contributed by atoms with Crippen LogP contribution in [0.25, 0.3) is 0 Å². The minimum atomic E-state index is 0.459. The Morgan fingerprint density at radius 2 is 2.40 bits per heavy atom. The SMILES string of the molecule is COCCC1(Cn2cncc2CN)CC1. The lowest BCUT2D eigenvalue weighted by molar-refractivity contribution is 0.166. The van der Waals surface area contributed by atoms with Gasteiger partial charge < -0.3 is 15.0 Å². The van der Waals surface area contributed by atoms with Crippen LogP contribution in [0.4, 0.5) is 0 Å². The summed E-state index contributed by atoms with van der Waals surface area (Å²) in [5, 5.41) is 0. The monoisotopic (exact) mass is 209 g/mol. The minimum absolute atomic E-state index is 0.459. The summed E-state index contributed by atoms with van der Waals surface area (Å²) in [5.41, 5.74) is 7.23. The first-order chi connectivity index (χ1) is 7.29. The number of nitrogens with two attached hydrogens (primary N) is 1. The number of imidazole rings is 1. The smallest absolute Gasteiger partial charge is 0.0948 e. The Morgan fingerprint density at radius 1 is 1.60 bits per heavy atom. The zero-order valence-electron chi connectivity index (χ0n) is 9.28. The molecular weight excluding hydrogens is 190 g/mol. The summed E-state index contributed by atoms with van der Waals surface area (Å²) in [4.78, 5) is 4.14. The second kappa shape index (κ2) is 4.33. The molecule has 4 heteroatoms. The summed E-state index contributed by atoms with van der Waals surface area (Å²) in [7, 11) is 1.76. The molecule has 0 radical (unpaired) electrons. The van der Waals surface area contributed by atoms with E-state index in [2.05, 4.69) is 9.55 Å². The van der Waals surface area contributed by atoms with E-state index < -0.39 is 0 Å². The third-order valence-electron chi connectivity index (χ3n) is 3.31. The first-order valence-corrected chi connectivity index (χ1v) is 5.48. The molecule has 2 N–H and O–H groups in total. The number of ether oxygens (including phenoxy) is 1. The molecule has 0 atom stereocenters. The van der Waals surface area contributed by atoms with Gasteiger partial charge in [-0.3, -0.25) is 0 Å². The fourth-order valence-corrected chi connectivity index (χ4v) is 2.00. The van der Waals surface area contributed by atoms with Gasteiger partial charge in [0.15, 0.2) is 0 Å². The molecule has 1 aromatic heterocycles. The molecule has 1 fully saturated rings. The normalized spacial score (nSPS) is 18.0. The second-order valence-corrected chi connectivity index (χ2v) is 4.46. The van der Waals surface area contributed by atoms with Gasteiger partial charge in [0.2, 0.25) is 0 Å². The van der Waals surface area contributed by atoms with Gasteiger partial charge in [-0.1, -0.05) is 0 Å². The van der Waals surface area contributed by atoms with Crippen molar-refractivity contribution in [3.8, 4) is 0 Å². The highest BCUT2D eigenvalue weighted by Crippen LogP contribution is 2.50. The van der Waals surface area contributed by atoms with Crippen LogP contribution < -0.4 is 5.73 Å². The predicted octanol–water partition coefficient (Wildman–Crippen LogP) is 1.16. The van der Waals surface area contributed by atoms with Gasteiger partial charge in [-0.05, 0) is 24.7 Å². The highest BCUT2D eigenvalue weighted by Gasteiger charge is 2.42. The maximum Gasteiger partial charge on any atom is 0.0948 e. The number of rotatable bonds is 6. The zero-order valence-corrected chi connectivity index (χ0v) is 9.28. The molecule has 1 aliphatic rings. The molecule has 4 nitrogen and oxygen atoms in total. The number of hydrogen-bond acceptors (Lipinski definition) is 3. The van der Waals surface area contributed by atoms with Gasteiger partial charge >= 0.3 is 0 Å². The molecule has 1 aliphatic carbocycles. The Balaban J connectivity index is 1.96. The van der Waals surface area contributed by atoms with Gasteiger partial charge in [-0.2, -0.15) is 0 Å². The van der Waals surface area contributed by atoms with Crippen molar-refractivity contribution >= 4 is 0 Å². The minimum Gasteiger partial charge on any atom is -0.385 e. The Kier molecular flexibility index (Phi) is 3.07. The summed E-state index contributed by atoms with van der Waals surface area (Å²) in [6.45, 7) is 2.47. The predicted molar refractivity (Wildman–Crippen MR) is 58.3 cm³/mol. The van der Waals surface area contributed by atoms with E-state index in [0.29, 0.717) is 12.0 Å². The molecular formula is C11H19N3O. The Labute approximate surface area is 90.4 Å². The van der Waals surface area contributed by atoms with Gasteiger partial charge in [-0.15, -0.1) is 0 Å². The first-order valence-electron chi connectivity index (χ1n) is 5.48. The third-order valence-corrected chi connectivity index (χ3v) is 3.31. The van der Waals surface area contributed by atoms with Crippen LogP contribution >= 0.6 is 0 Å². The number of nitrogens with zero attached hydrogens (tertiary/aromatic N) is 2. The van der Waals surface area contributed by atoms with Gasteiger partial charge in [-0.25, -0.2) is 4.98 Å². The van der Waals surface area contributed by atoms with E-state index in [1.165, 1.54) is 12.8 Å². The molecule has 2 rings (SSSR count). The van der Waals surface area contributed by atoms with Crippen LogP contribution in [0.5, 0.6) is 0 Å². The molecule has 1 aromatic rings. The molecule has 15 heavy (non-hydrogen) atoms. The van der Waals surface area contributed by atoms with Crippen LogP contribution in [0, 0.1) is 5.41 Å². The van der Waals surface area contributed by atoms with E-state index in [9.17, 15) is 0 Å². The van der Waals surface area contributed by atoms with Crippen LogP contribution in [0.1, 0.15) is 25.0 Å². The van der Waals surface area contributed by atoms with Crippen molar-refractivity contribution in [2.24, 2.45) is 11.1 Å². The maximum atomic E-state index is 5.65. The standard InChI is InChI=1S/C11H19N3O/c1-15-5-4-11(2-3-11)8-14-9-13-7-10(14)6-12/h7,9H,2-6,8,12H2,1H3. The van der Waals surface area contributed by atoms with Crippen molar-refractivity contribution in [3.05, 3.63) is 18.2 Å². The highest BCUT2D eigenvalue weighted by molar-refractivity contribution is 5.01. The topological polar surface area (TPSA) is 53.1 Å². The molecule has 1 heterocycles. The van der Waals surface area contributed by atoms with Crippen molar-refractivity contribution in [1.29, 1.82) is 0 Å². The molecule has 1 saturated carbocycles. The lowest BCUT2D eigenvalue weighted by Crippen LogP contribution is -2.16. The molecule has 0 amide bonds. The fourth-order valence-electron chi connectivity index (χ4n) is 2.00. The van der Waals surface area contributed by atoms with Gasteiger partial charge in [0.1, 0.15) is 0 Å². The quantitative estimate of drug-likeness (QED) is 0.765. The van der Waals surface area contributed by atoms with Crippen LogP contribution in [-0.4, -0.2) is 23.3 Å². The lowest BCUT2D eigenvalue weighted by Gasteiger charge is -2.16. The van der Waals surface area contributed by atoms with Crippen molar-refractivity contribution in [3.63, 3.8) is 0 Å². The van der Waals surface area contributed by atoms with E-state index in [1.54, 1.807) is 7.11 Å². The average molecular weight is 209 g/mol. The van der Waals surface area contributed by atoms with E-state index in [-0.39, 0.29) is 0 Å². The molecule has 0 aliphatic heterocycles. The van der Waals surface area contributed by atoms with Crippen molar-refractivity contribution in [1.82, 2.24) is 9.55 Å². The molecule has 0 bridgehead atoms. The van der Waals surface area contributed by atoms with E-state index in [1.807, 2.05) is 12.5 Å². The summed E-state index contributed by atoms with van der Waals surface area (Å²) >= 11 is 0. The van der Waals surface area contributed by atoms with Crippen molar-refractivity contribution < 1.29 is 4.74 Å². The molecule has 0 spiro atoms. The Hall–Kier alpha value is -0.870. The lowest BCUT2D eigenvalue weighted by atomic mass is 10.0. The van der Waals surface area contributed by atoms with Crippen LogP contribution in [0.3, 0.4) is 0 Å². The Bertz CT molecular complexity index is 317. The number of hydrogen-bond donors (Lipinski definition) is 1. The third kappa shape index (κ3) is 2.38. The van der Waals surface area contributed by atoms with E-state index in [0.717, 1.165) is 25.3 Å². The van der Waals surface area contributed by atoms with Crippen LogP contribution in [-0.2, 0) is 17.8 Å². The van der Waals surface area contributed by atoms with E-state index >= 15 is 0 Å². The van der Waals surface area contributed by atoms with Gasteiger partial charge in [0, 0.05) is 33.0 Å². The molecule has 0 aromatic carbocycles. The summed E-state index contributed by atoms with van der Waals surface area (Å²) < 4.78 is 7.33. The first kappa shape index (κ1) is 10.6. The van der Waals surface area contributed by atoms with Crippen LogP contribution in [0.2, 0.25) is 0 Å².